The van der Waals surface area contributed by atoms with Gasteiger partial charge in [0.25, 0.3) is 0 Å². The smallest absolute Gasteiger partial charge is 0.387 e. The van der Waals surface area contributed by atoms with Gasteiger partial charge in [0, 0.05) is 0 Å². The summed E-state index contributed by atoms with van der Waals surface area (Å²) in [6.07, 6.45) is 14.8. The second-order valence-corrected chi connectivity index (χ2v) is 23.5. The van der Waals surface area contributed by atoms with Crippen molar-refractivity contribution in [2.24, 2.45) is 0 Å². The summed E-state index contributed by atoms with van der Waals surface area (Å²) in [6, 6.07) is 85.1. The third kappa shape index (κ3) is 19.0. The minimum Gasteiger partial charge on any atom is -0.435 e. The summed E-state index contributed by atoms with van der Waals surface area (Å²) < 4.78 is 87.1. The third-order valence-electron chi connectivity index (χ3n) is 16.8. The van der Waals surface area contributed by atoms with E-state index in [1.165, 1.54) is 123 Å². The number of hydrogen-bond acceptors (Lipinski definition) is 3. The van der Waals surface area contributed by atoms with E-state index in [9.17, 15) is 26.3 Å². The molecule has 0 saturated heterocycles. The Labute approximate surface area is 543 Å². The maximum absolute atomic E-state index is 12.3. The SMILES string of the molecule is CCCCCCc1ccc2cc(-c3ccc(-c4ccc(OC(F)F)cc4)cc3)ccc2c1.CCCCCc1ccc2cc(-c3ccc(-c4ccc(OC(F)F)cc4)cc3)ccc2c1.CCCCc1ccc2cc(-c3ccc(-c4ccc(OC(F)F)cc4)cc3)ccc2c1. The molecule has 0 amide bonds. The molecule has 0 radical (unpaired) electrons. The first-order valence-corrected chi connectivity index (χ1v) is 32.4. The van der Waals surface area contributed by atoms with E-state index in [0.717, 1.165) is 69.3 Å². The number of benzene rings is 12. The number of unbranched alkanes of at least 4 members (excludes halogenated alkanes) is 6. The Hall–Kier alpha value is -9.60. The van der Waals surface area contributed by atoms with E-state index in [0.29, 0.717) is 0 Å². The maximum atomic E-state index is 12.3. The van der Waals surface area contributed by atoms with E-state index in [1.54, 1.807) is 72.8 Å². The van der Waals surface area contributed by atoms with Crippen LogP contribution in [0.15, 0.2) is 255 Å². The molecular weight excluding hydrogens is 1170 g/mol. The van der Waals surface area contributed by atoms with Gasteiger partial charge in [0.15, 0.2) is 0 Å². The first kappa shape index (κ1) is 66.3. The number of rotatable bonds is 24. The van der Waals surface area contributed by atoms with Gasteiger partial charge < -0.3 is 14.2 Å². The van der Waals surface area contributed by atoms with Gasteiger partial charge in [0.05, 0.1) is 0 Å². The highest BCUT2D eigenvalue weighted by molar-refractivity contribution is 5.90. The zero-order chi connectivity index (χ0) is 64.9. The lowest BCUT2D eigenvalue weighted by Gasteiger charge is -2.09. The van der Waals surface area contributed by atoms with Crippen molar-refractivity contribution in [1.29, 1.82) is 0 Å². The first-order chi connectivity index (χ1) is 45.4. The predicted octanol–water partition coefficient (Wildman–Crippen LogP) is 25.5. The predicted molar refractivity (Wildman–Crippen MR) is 374 cm³/mol. The van der Waals surface area contributed by atoms with E-state index >= 15 is 0 Å². The highest BCUT2D eigenvalue weighted by atomic mass is 19.3. The van der Waals surface area contributed by atoms with Crippen LogP contribution >= 0.6 is 0 Å². The summed E-state index contributed by atoms with van der Waals surface area (Å²) in [5.41, 5.74) is 17.2. The lowest BCUT2D eigenvalue weighted by Crippen LogP contribution is -2.01. The Kier molecular flexibility index (Phi) is 23.6. The standard InChI is InChI=1S/C29H28F2O.C28H26F2O.C27H24F2O/c1-2-3-4-5-6-21-7-8-27-20-26(14-13-25(27)19-21)24-11-9-22(10-12-24)23-15-17-28(18-16-23)32-29(30)31;1-2-3-4-5-20-6-7-26-19-25(13-12-24(26)18-20)23-10-8-21(9-11-23)22-14-16-27(17-15-22)31-28(29)30;1-2-3-4-19-5-6-25-18-24(12-11-23(25)17-19)22-9-7-20(8-10-22)21-13-15-26(16-14-21)30-27(28)29/h7-20,29H,2-6H2,1H3;6-19,28H,2-5H2,1H3;5-18,27H,2-4H2,1H3. The van der Waals surface area contributed by atoms with Crippen LogP contribution in [0.2, 0.25) is 0 Å². The molecule has 0 bridgehead atoms. The van der Waals surface area contributed by atoms with Crippen molar-refractivity contribution in [3.05, 3.63) is 271 Å². The van der Waals surface area contributed by atoms with Crippen molar-refractivity contribution in [3.63, 3.8) is 0 Å². The van der Waals surface area contributed by atoms with E-state index in [4.69, 9.17) is 0 Å². The number of halogens is 6. The van der Waals surface area contributed by atoms with Crippen LogP contribution in [0, 0.1) is 0 Å². The Bertz CT molecular complexity index is 4280. The Morgan fingerprint density at radius 2 is 0.419 bits per heavy atom. The molecule has 12 aromatic carbocycles. The minimum atomic E-state index is -2.81. The van der Waals surface area contributed by atoms with Crippen LogP contribution < -0.4 is 14.2 Å². The molecule has 0 atom stereocenters. The Morgan fingerprint density at radius 1 is 0.215 bits per heavy atom. The lowest BCUT2D eigenvalue weighted by atomic mass is 9.97. The summed E-state index contributed by atoms with van der Waals surface area (Å²) in [5, 5.41) is 7.57. The molecule has 0 N–H and O–H groups in total. The van der Waals surface area contributed by atoms with Crippen molar-refractivity contribution in [3.8, 4) is 84.0 Å². The highest BCUT2D eigenvalue weighted by Gasteiger charge is 2.11. The van der Waals surface area contributed by atoms with Crippen LogP contribution in [0.4, 0.5) is 26.3 Å². The molecule has 0 saturated carbocycles. The fraction of sp³-hybridized carbons (Fsp3) is 0.214. The lowest BCUT2D eigenvalue weighted by molar-refractivity contribution is -0.0505. The normalized spacial score (nSPS) is 11.2. The van der Waals surface area contributed by atoms with Crippen molar-refractivity contribution >= 4 is 32.3 Å². The second-order valence-electron chi connectivity index (χ2n) is 23.5. The summed E-state index contributed by atoms with van der Waals surface area (Å²) in [6.45, 7) is -1.72. The number of hydrogen-bond donors (Lipinski definition) is 0. The molecule has 0 fully saturated rings. The van der Waals surface area contributed by atoms with E-state index in [1.807, 2.05) is 0 Å². The summed E-state index contributed by atoms with van der Waals surface area (Å²) >= 11 is 0. The zero-order valence-electron chi connectivity index (χ0n) is 53.0. The van der Waals surface area contributed by atoms with Gasteiger partial charge >= 0.3 is 19.8 Å². The van der Waals surface area contributed by atoms with Crippen molar-refractivity contribution in [1.82, 2.24) is 0 Å². The number of aryl methyl sites for hydroxylation is 3. The quantitative estimate of drug-likeness (QED) is 0.0446. The molecule has 0 aliphatic heterocycles. The van der Waals surface area contributed by atoms with Crippen molar-refractivity contribution < 1.29 is 40.6 Å². The average Bonchev–Trinajstić information content (AvgIpc) is 1.14. The zero-order valence-corrected chi connectivity index (χ0v) is 53.0. The molecule has 9 heteroatoms. The maximum Gasteiger partial charge on any atom is 0.387 e. The summed E-state index contributed by atoms with van der Waals surface area (Å²) in [4.78, 5) is 0. The van der Waals surface area contributed by atoms with Crippen LogP contribution in [-0.2, 0) is 19.3 Å². The molecule has 3 nitrogen and oxygen atoms in total. The fourth-order valence-corrected chi connectivity index (χ4v) is 11.7. The van der Waals surface area contributed by atoms with E-state index in [2.05, 4.69) is 217 Å². The fourth-order valence-electron chi connectivity index (χ4n) is 11.7. The molecule has 0 heterocycles. The van der Waals surface area contributed by atoms with Gasteiger partial charge in [-0.15, -0.1) is 0 Å². The molecule has 474 valence electrons. The first-order valence-electron chi connectivity index (χ1n) is 32.4. The van der Waals surface area contributed by atoms with Crippen molar-refractivity contribution in [2.45, 2.75) is 118 Å². The second kappa shape index (κ2) is 33.1. The molecular formula is C84H78F6O3. The van der Waals surface area contributed by atoms with Crippen molar-refractivity contribution in [2.75, 3.05) is 0 Å². The topological polar surface area (TPSA) is 27.7 Å². The molecule has 0 aliphatic rings. The van der Waals surface area contributed by atoms with Gasteiger partial charge in [-0.1, -0.05) is 259 Å². The van der Waals surface area contributed by atoms with Gasteiger partial charge in [-0.25, -0.2) is 0 Å². The van der Waals surface area contributed by atoms with Gasteiger partial charge in [-0.05, 0) is 209 Å². The molecule has 0 aliphatic carbocycles. The summed E-state index contributed by atoms with van der Waals surface area (Å²) in [7, 11) is 0. The van der Waals surface area contributed by atoms with Crippen LogP contribution in [0.5, 0.6) is 17.2 Å². The van der Waals surface area contributed by atoms with Gasteiger partial charge in [0.2, 0.25) is 0 Å². The molecule has 93 heavy (non-hydrogen) atoms. The molecule has 0 aromatic heterocycles. The summed E-state index contributed by atoms with van der Waals surface area (Å²) in [5.74, 6) is 0.500. The molecule has 0 spiro atoms. The third-order valence-corrected chi connectivity index (χ3v) is 16.8. The Balaban J connectivity index is 0.000000153. The van der Waals surface area contributed by atoms with E-state index in [-0.39, 0.29) is 17.2 Å². The van der Waals surface area contributed by atoms with Gasteiger partial charge in [0.1, 0.15) is 17.2 Å². The van der Waals surface area contributed by atoms with E-state index < -0.39 is 19.8 Å². The van der Waals surface area contributed by atoms with Gasteiger partial charge in [-0.2, -0.15) is 26.3 Å². The van der Waals surface area contributed by atoms with Gasteiger partial charge in [-0.3, -0.25) is 0 Å². The largest absolute Gasteiger partial charge is 0.435 e. The van der Waals surface area contributed by atoms with Crippen LogP contribution in [0.3, 0.4) is 0 Å². The minimum absolute atomic E-state index is 0.166. The average molecular weight is 1250 g/mol. The van der Waals surface area contributed by atoms with Crippen LogP contribution in [0.25, 0.3) is 99.1 Å². The molecule has 12 rings (SSSR count). The number of ether oxygens (including phenoxy) is 3. The molecule has 0 unspecified atom stereocenters. The van der Waals surface area contributed by atoms with Crippen LogP contribution in [-0.4, -0.2) is 19.8 Å². The van der Waals surface area contributed by atoms with Crippen LogP contribution in [0.1, 0.15) is 95.2 Å². The molecule has 12 aromatic rings. The number of fused-ring (bicyclic) bond motifs is 3. The monoisotopic (exact) mass is 1250 g/mol. The highest BCUT2D eigenvalue weighted by Crippen LogP contribution is 2.34. The number of alkyl halides is 6. The Morgan fingerprint density at radius 3 is 0.688 bits per heavy atom.